The number of hydrogen-bond acceptors (Lipinski definition) is 2. The van der Waals surface area contributed by atoms with Crippen molar-refractivity contribution in [1.82, 2.24) is 0 Å². The molecular weight excluding hydrogens is 733 g/mol. The second kappa shape index (κ2) is 14.9. The van der Waals surface area contributed by atoms with E-state index in [9.17, 15) is 0 Å². The zero-order chi connectivity index (χ0) is 41.3. The summed E-state index contributed by atoms with van der Waals surface area (Å²) in [6, 6.07) is 51.6. The van der Waals surface area contributed by atoms with E-state index in [2.05, 4.69) is 224 Å². The van der Waals surface area contributed by atoms with Crippen molar-refractivity contribution in [2.75, 3.05) is 9.80 Å². The predicted octanol–water partition coefficient (Wildman–Crippen LogP) is 15.5. The molecule has 294 valence electrons. The van der Waals surface area contributed by atoms with E-state index in [-0.39, 0.29) is 0 Å². The summed E-state index contributed by atoms with van der Waals surface area (Å²) in [6.45, 7) is 28.4. The Morgan fingerprint density at radius 1 is 0.379 bits per heavy atom. The van der Waals surface area contributed by atoms with Crippen molar-refractivity contribution < 1.29 is 0 Å². The van der Waals surface area contributed by atoms with Crippen molar-refractivity contribution in [2.45, 2.75) is 92.7 Å². The Morgan fingerprint density at radius 2 is 0.724 bits per heavy atom. The van der Waals surface area contributed by atoms with Gasteiger partial charge in [-0.25, -0.2) is 0 Å². The summed E-state index contributed by atoms with van der Waals surface area (Å²) in [7, 11) is -2.97. The Kier molecular flexibility index (Phi) is 10.2. The van der Waals surface area contributed by atoms with Crippen molar-refractivity contribution in [2.24, 2.45) is 0 Å². The fraction of sp³-hybridized carbons (Fsp3) is 0.259. The van der Waals surface area contributed by atoms with Gasteiger partial charge in [0.25, 0.3) is 0 Å². The van der Waals surface area contributed by atoms with Crippen LogP contribution in [0.5, 0.6) is 0 Å². The second-order valence-electron chi connectivity index (χ2n) is 19.3. The van der Waals surface area contributed by atoms with Gasteiger partial charge < -0.3 is 9.80 Å². The van der Waals surface area contributed by atoms with E-state index in [0.717, 1.165) is 0 Å². The van der Waals surface area contributed by atoms with E-state index in [1.54, 1.807) is 0 Å². The molecule has 0 amide bonds. The molecule has 0 unspecified atom stereocenters. The second-order valence-corrected chi connectivity index (χ2v) is 29.4. The van der Waals surface area contributed by atoms with E-state index in [1.807, 2.05) is 0 Å². The third-order valence-electron chi connectivity index (χ3n) is 12.1. The predicted molar refractivity (Wildman–Crippen MR) is 263 cm³/mol. The molecule has 0 spiro atoms. The Bertz CT molecular complexity index is 2570. The van der Waals surface area contributed by atoms with E-state index in [0.29, 0.717) is 11.8 Å². The van der Waals surface area contributed by atoms with Gasteiger partial charge in [-0.3, -0.25) is 0 Å². The first-order valence-corrected chi connectivity index (χ1v) is 28.2. The first-order chi connectivity index (χ1) is 27.5. The molecule has 58 heavy (non-hydrogen) atoms. The van der Waals surface area contributed by atoms with Gasteiger partial charge in [0.15, 0.2) is 0 Å². The Labute approximate surface area is 349 Å². The Balaban J connectivity index is 1.48. The molecule has 0 saturated carbocycles. The van der Waals surface area contributed by atoms with Gasteiger partial charge in [0.2, 0.25) is 0 Å². The molecule has 0 aliphatic heterocycles. The monoisotopic (exact) mass is 792 g/mol. The van der Waals surface area contributed by atoms with Gasteiger partial charge >= 0.3 is 0 Å². The van der Waals surface area contributed by atoms with Crippen molar-refractivity contribution in [3.63, 3.8) is 0 Å². The first-order valence-electron chi connectivity index (χ1n) is 21.2. The quantitative estimate of drug-likeness (QED) is 0.101. The topological polar surface area (TPSA) is 6.48 Å². The molecule has 0 heterocycles. The van der Waals surface area contributed by atoms with E-state index < -0.39 is 16.1 Å². The minimum Gasteiger partial charge on any atom is -0.310 e. The highest BCUT2D eigenvalue weighted by molar-refractivity contribution is 6.89. The largest absolute Gasteiger partial charge is 0.310 e. The van der Waals surface area contributed by atoms with Crippen LogP contribution < -0.4 is 20.2 Å². The molecule has 8 aromatic rings. The third-order valence-corrected chi connectivity index (χ3v) is 16.3. The number of rotatable bonds is 10. The summed E-state index contributed by atoms with van der Waals surface area (Å²) in [5, 5.41) is 10.9. The Morgan fingerprint density at radius 3 is 1.03 bits per heavy atom. The van der Waals surface area contributed by atoms with E-state index in [1.165, 1.54) is 99.1 Å². The number of aryl methyl sites for hydroxylation is 2. The molecule has 0 radical (unpaired) electrons. The molecule has 0 saturated heterocycles. The van der Waals surface area contributed by atoms with Crippen LogP contribution in [0.25, 0.3) is 32.3 Å². The SMILES string of the molecule is Cc1cccc(N(c2ccc([Si](C)(C)C)cc2)c2cc(C(C)C)c3ccc4c(N(c5ccc([Si](C)(C)C)cc5)c5cccc(C)c5)cc(C(C)C)c5ccc2c3c54)c1. The zero-order valence-electron chi connectivity index (χ0n) is 36.8. The van der Waals surface area contributed by atoms with Crippen molar-refractivity contribution in [1.29, 1.82) is 0 Å². The summed E-state index contributed by atoms with van der Waals surface area (Å²) >= 11 is 0. The normalized spacial score (nSPS) is 12.4. The number of benzene rings is 8. The van der Waals surface area contributed by atoms with Gasteiger partial charge in [-0.1, -0.05) is 150 Å². The van der Waals surface area contributed by atoms with E-state index >= 15 is 0 Å². The maximum absolute atomic E-state index is 2.52. The number of anilines is 6. The third kappa shape index (κ3) is 7.15. The lowest BCUT2D eigenvalue weighted by Crippen LogP contribution is -2.37. The lowest BCUT2D eigenvalue weighted by Gasteiger charge is -2.32. The van der Waals surface area contributed by atoms with Gasteiger partial charge in [0.05, 0.1) is 27.5 Å². The summed E-state index contributed by atoms with van der Waals surface area (Å²) in [4.78, 5) is 5.03. The van der Waals surface area contributed by atoms with Crippen LogP contribution in [-0.2, 0) is 0 Å². The van der Waals surface area contributed by atoms with E-state index in [4.69, 9.17) is 0 Å². The standard InChI is InChI=1S/C54H60N2Si2/c1-35(2)49-33-51(55(41-17-13-15-37(5)31-41)39-19-23-43(24-20-39)57(7,8)9)47-30-28-46-50(36(3)4)34-52(48-29-27-45(49)53(47)54(46)48)56(42-18-14-16-38(6)32-42)40-21-25-44(26-22-40)58(10,11)12/h13-36H,1-12H3. The van der Waals surface area contributed by atoms with Gasteiger partial charge in [-0.2, -0.15) is 0 Å². The number of hydrogen-bond donors (Lipinski definition) is 0. The van der Waals surface area contributed by atoms with Crippen LogP contribution in [0, 0.1) is 13.8 Å². The smallest absolute Gasteiger partial charge is 0.0775 e. The molecule has 4 heteroatoms. The summed E-state index contributed by atoms with van der Waals surface area (Å²) in [5.74, 6) is 0.657. The van der Waals surface area contributed by atoms with Crippen molar-refractivity contribution in [3.8, 4) is 0 Å². The van der Waals surface area contributed by atoms with Crippen LogP contribution in [0.3, 0.4) is 0 Å². The molecule has 0 N–H and O–H groups in total. The molecule has 0 aliphatic carbocycles. The highest BCUT2D eigenvalue weighted by atomic mass is 28.3. The van der Waals surface area contributed by atoms with Gasteiger partial charge in [0.1, 0.15) is 0 Å². The van der Waals surface area contributed by atoms with Crippen LogP contribution >= 0.6 is 0 Å². The van der Waals surface area contributed by atoms with Gasteiger partial charge in [0, 0.05) is 33.5 Å². The fourth-order valence-electron chi connectivity index (χ4n) is 8.94. The van der Waals surface area contributed by atoms with Crippen molar-refractivity contribution in [3.05, 3.63) is 156 Å². The molecule has 0 bridgehead atoms. The van der Waals surface area contributed by atoms with Crippen LogP contribution in [0.1, 0.15) is 61.8 Å². The molecule has 8 rings (SSSR count). The van der Waals surface area contributed by atoms with Crippen LogP contribution in [0.4, 0.5) is 34.1 Å². The zero-order valence-corrected chi connectivity index (χ0v) is 38.8. The molecular formula is C54H60N2Si2. The van der Waals surface area contributed by atoms with Crippen LogP contribution in [0.15, 0.2) is 133 Å². The molecule has 2 nitrogen and oxygen atoms in total. The molecule has 0 fully saturated rings. The van der Waals surface area contributed by atoms with Gasteiger partial charge in [-0.15, -0.1) is 0 Å². The first kappa shape index (κ1) is 39.7. The van der Waals surface area contributed by atoms with Crippen LogP contribution in [0.2, 0.25) is 39.3 Å². The highest BCUT2D eigenvalue weighted by Crippen LogP contribution is 2.51. The van der Waals surface area contributed by atoms with Gasteiger partial charge in [-0.05, 0) is 130 Å². The lowest BCUT2D eigenvalue weighted by molar-refractivity contribution is 0.875. The Hall–Kier alpha value is -5.17. The summed E-state index contributed by atoms with van der Waals surface area (Å²) in [5.41, 5.74) is 12.5. The summed E-state index contributed by atoms with van der Waals surface area (Å²) < 4.78 is 0. The minimum atomic E-state index is -1.48. The van der Waals surface area contributed by atoms with Crippen LogP contribution in [-0.4, -0.2) is 16.1 Å². The minimum absolute atomic E-state index is 0.328. The highest BCUT2D eigenvalue weighted by Gasteiger charge is 2.27. The molecule has 0 aromatic heterocycles. The lowest BCUT2D eigenvalue weighted by atomic mass is 9.84. The molecule has 8 aromatic carbocycles. The summed E-state index contributed by atoms with van der Waals surface area (Å²) in [6.07, 6.45) is 0. The number of nitrogens with zero attached hydrogens (tertiary/aromatic N) is 2. The maximum Gasteiger partial charge on any atom is 0.0775 e. The average Bonchev–Trinajstić information content (AvgIpc) is 3.17. The average molecular weight is 793 g/mol. The fourth-order valence-corrected chi connectivity index (χ4v) is 11.3. The molecule has 0 aliphatic rings. The maximum atomic E-state index is 2.52. The molecule has 0 atom stereocenters. The van der Waals surface area contributed by atoms with Crippen molar-refractivity contribution >= 4 is 93.0 Å².